The van der Waals surface area contributed by atoms with Crippen LogP contribution in [0.15, 0.2) is 18.3 Å². The molecule has 1 heterocycles. The van der Waals surface area contributed by atoms with Crippen molar-refractivity contribution in [3.05, 3.63) is 18.3 Å². The van der Waals surface area contributed by atoms with Crippen LogP contribution in [0.25, 0.3) is 0 Å². The second-order valence-electron chi connectivity index (χ2n) is 4.64. The van der Waals surface area contributed by atoms with Crippen LogP contribution in [-0.4, -0.2) is 18.1 Å². The van der Waals surface area contributed by atoms with Crippen molar-refractivity contribution in [1.82, 2.24) is 4.98 Å². The lowest BCUT2D eigenvalue weighted by Crippen LogP contribution is -2.23. The maximum absolute atomic E-state index is 5.22. The molecule has 0 aliphatic heterocycles. The van der Waals surface area contributed by atoms with Crippen molar-refractivity contribution >= 4 is 5.69 Å². The van der Waals surface area contributed by atoms with Gasteiger partial charge in [-0.25, -0.2) is 4.98 Å². The topological polar surface area (TPSA) is 34.1 Å². The number of nitrogens with one attached hydrogen (secondary N) is 1. The molecule has 1 aliphatic rings. The molecule has 0 spiro atoms. The molecule has 1 unspecified atom stereocenters. The van der Waals surface area contributed by atoms with Crippen LogP contribution in [0.1, 0.15) is 32.6 Å². The first-order valence-electron chi connectivity index (χ1n) is 6.05. The molecule has 1 aliphatic carbocycles. The van der Waals surface area contributed by atoms with Crippen molar-refractivity contribution in [3.63, 3.8) is 0 Å². The summed E-state index contributed by atoms with van der Waals surface area (Å²) in [6.45, 7) is 2.23. The van der Waals surface area contributed by atoms with Crippen LogP contribution in [0, 0.1) is 5.92 Å². The standard InChI is InChI=1S/C13H20N2O/c1-10(9-11-5-3-6-11)15-12-7-4-8-14-13(12)16-2/h4,7-8,10-11,15H,3,5-6,9H2,1-2H3. The minimum atomic E-state index is 0.489. The van der Waals surface area contributed by atoms with E-state index in [0.29, 0.717) is 11.9 Å². The zero-order valence-electron chi connectivity index (χ0n) is 10.1. The number of ether oxygens (including phenoxy) is 1. The normalized spacial score (nSPS) is 17.6. The predicted octanol–water partition coefficient (Wildman–Crippen LogP) is 3.08. The molecule has 16 heavy (non-hydrogen) atoms. The molecule has 0 aromatic carbocycles. The SMILES string of the molecule is COc1ncccc1NC(C)CC1CCC1. The van der Waals surface area contributed by atoms with Crippen molar-refractivity contribution in [2.24, 2.45) is 5.92 Å². The highest BCUT2D eigenvalue weighted by molar-refractivity contribution is 5.52. The van der Waals surface area contributed by atoms with Gasteiger partial charge in [-0.3, -0.25) is 0 Å². The molecule has 2 rings (SSSR count). The zero-order valence-corrected chi connectivity index (χ0v) is 10.1. The van der Waals surface area contributed by atoms with Gasteiger partial charge < -0.3 is 10.1 Å². The van der Waals surface area contributed by atoms with E-state index in [1.165, 1.54) is 25.7 Å². The van der Waals surface area contributed by atoms with Gasteiger partial charge in [0.25, 0.3) is 0 Å². The van der Waals surface area contributed by atoms with Crippen LogP contribution in [0.2, 0.25) is 0 Å². The lowest BCUT2D eigenvalue weighted by molar-refractivity contribution is 0.285. The third-order valence-electron chi connectivity index (χ3n) is 3.28. The first-order chi connectivity index (χ1) is 7.79. The third kappa shape index (κ3) is 2.65. The van der Waals surface area contributed by atoms with E-state index in [2.05, 4.69) is 17.2 Å². The molecule has 1 atom stereocenters. The van der Waals surface area contributed by atoms with Crippen molar-refractivity contribution in [2.75, 3.05) is 12.4 Å². The lowest BCUT2D eigenvalue weighted by atomic mass is 9.81. The van der Waals surface area contributed by atoms with E-state index >= 15 is 0 Å². The highest BCUT2D eigenvalue weighted by atomic mass is 16.5. The summed E-state index contributed by atoms with van der Waals surface area (Å²) in [4.78, 5) is 4.18. The first-order valence-corrected chi connectivity index (χ1v) is 6.05. The van der Waals surface area contributed by atoms with Gasteiger partial charge in [-0.05, 0) is 31.4 Å². The molecule has 1 N–H and O–H groups in total. The van der Waals surface area contributed by atoms with Crippen LogP contribution in [0.3, 0.4) is 0 Å². The number of nitrogens with zero attached hydrogens (tertiary/aromatic N) is 1. The maximum Gasteiger partial charge on any atom is 0.237 e. The van der Waals surface area contributed by atoms with Crippen LogP contribution in [0.5, 0.6) is 5.88 Å². The third-order valence-corrected chi connectivity index (χ3v) is 3.28. The van der Waals surface area contributed by atoms with Gasteiger partial charge in [-0.1, -0.05) is 19.3 Å². The zero-order chi connectivity index (χ0) is 11.4. The first kappa shape index (κ1) is 11.2. The summed E-state index contributed by atoms with van der Waals surface area (Å²) in [5.74, 6) is 1.60. The quantitative estimate of drug-likeness (QED) is 0.828. The fraction of sp³-hybridized carbons (Fsp3) is 0.615. The van der Waals surface area contributed by atoms with Crippen LogP contribution in [-0.2, 0) is 0 Å². The molecular weight excluding hydrogens is 200 g/mol. The molecule has 0 radical (unpaired) electrons. The Bertz CT molecular complexity index is 336. The van der Waals surface area contributed by atoms with Gasteiger partial charge in [0, 0.05) is 12.2 Å². The number of pyridine rings is 1. The van der Waals surface area contributed by atoms with Gasteiger partial charge in [-0.15, -0.1) is 0 Å². The summed E-state index contributed by atoms with van der Waals surface area (Å²) in [6.07, 6.45) is 7.21. The molecule has 1 saturated carbocycles. The number of methoxy groups -OCH3 is 1. The summed E-state index contributed by atoms with van der Waals surface area (Å²) in [5.41, 5.74) is 0.997. The maximum atomic E-state index is 5.22. The molecule has 1 aromatic heterocycles. The summed E-state index contributed by atoms with van der Waals surface area (Å²) in [7, 11) is 1.66. The van der Waals surface area contributed by atoms with E-state index < -0.39 is 0 Å². The Morgan fingerprint density at radius 3 is 3.00 bits per heavy atom. The van der Waals surface area contributed by atoms with E-state index in [0.717, 1.165) is 11.6 Å². The molecule has 3 heteroatoms. The van der Waals surface area contributed by atoms with Crippen molar-refractivity contribution in [2.45, 2.75) is 38.6 Å². The second kappa shape index (κ2) is 5.19. The average Bonchev–Trinajstić information content (AvgIpc) is 2.24. The van der Waals surface area contributed by atoms with Crippen LogP contribution < -0.4 is 10.1 Å². The van der Waals surface area contributed by atoms with E-state index in [9.17, 15) is 0 Å². The molecule has 1 aromatic rings. The number of aromatic nitrogens is 1. The number of anilines is 1. The van der Waals surface area contributed by atoms with Gasteiger partial charge in [0.1, 0.15) is 0 Å². The smallest absolute Gasteiger partial charge is 0.237 e. The highest BCUT2D eigenvalue weighted by Crippen LogP contribution is 2.31. The Balaban J connectivity index is 1.91. The Hall–Kier alpha value is -1.25. The molecular formula is C13H20N2O. The van der Waals surface area contributed by atoms with Gasteiger partial charge in [0.05, 0.1) is 12.8 Å². The fourth-order valence-corrected chi connectivity index (χ4v) is 2.22. The lowest BCUT2D eigenvalue weighted by Gasteiger charge is -2.29. The largest absolute Gasteiger partial charge is 0.480 e. The minimum absolute atomic E-state index is 0.489. The van der Waals surface area contributed by atoms with Crippen molar-refractivity contribution in [3.8, 4) is 5.88 Å². The average molecular weight is 220 g/mol. The van der Waals surface area contributed by atoms with E-state index in [1.807, 2.05) is 12.1 Å². The Morgan fingerprint density at radius 1 is 1.56 bits per heavy atom. The monoisotopic (exact) mass is 220 g/mol. The van der Waals surface area contributed by atoms with E-state index in [-0.39, 0.29) is 0 Å². The summed E-state index contributed by atoms with van der Waals surface area (Å²) >= 11 is 0. The Kier molecular flexibility index (Phi) is 3.65. The molecule has 0 saturated heterocycles. The molecule has 3 nitrogen and oxygen atoms in total. The molecule has 0 amide bonds. The highest BCUT2D eigenvalue weighted by Gasteiger charge is 2.20. The van der Waals surface area contributed by atoms with Gasteiger partial charge in [-0.2, -0.15) is 0 Å². The fourth-order valence-electron chi connectivity index (χ4n) is 2.22. The summed E-state index contributed by atoms with van der Waals surface area (Å²) in [6, 6.07) is 4.44. The summed E-state index contributed by atoms with van der Waals surface area (Å²) < 4.78 is 5.22. The van der Waals surface area contributed by atoms with Crippen LogP contribution >= 0.6 is 0 Å². The van der Waals surface area contributed by atoms with Crippen molar-refractivity contribution in [1.29, 1.82) is 0 Å². The second-order valence-corrected chi connectivity index (χ2v) is 4.64. The molecule has 0 bridgehead atoms. The number of hydrogen-bond donors (Lipinski definition) is 1. The number of rotatable bonds is 5. The van der Waals surface area contributed by atoms with Gasteiger partial charge in [0.15, 0.2) is 0 Å². The van der Waals surface area contributed by atoms with Gasteiger partial charge >= 0.3 is 0 Å². The van der Waals surface area contributed by atoms with E-state index in [1.54, 1.807) is 13.3 Å². The van der Waals surface area contributed by atoms with Crippen LogP contribution in [0.4, 0.5) is 5.69 Å². The molecule has 88 valence electrons. The molecule has 1 fully saturated rings. The minimum Gasteiger partial charge on any atom is -0.480 e. The van der Waals surface area contributed by atoms with E-state index in [4.69, 9.17) is 4.74 Å². The Morgan fingerprint density at radius 2 is 2.38 bits per heavy atom. The predicted molar refractivity (Wildman–Crippen MR) is 65.8 cm³/mol. The van der Waals surface area contributed by atoms with Gasteiger partial charge in [0.2, 0.25) is 5.88 Å². The van der Waals surface area contributed by atoms with Crippen molar-refractivity contribution < 1.29 is 4.74 Å². The summed E-state index contributed by atoms with van der Waals surface area (Å²) in [5, 5.41) is 3.47. The Labute approximate surface area is 97.2 Å². The number of hydrogen-bond acceptors (Lipinski definition) is 3.